The highest BCUT2D eigenvalue weighted by Crippen LogP contribution is 2.26. The maximum absolute atomic E-state index is 12.7. The minimum Gasteiger partial charge on any atom is -0.493 e. The summed E-state index contributed by atoms with van der Waals surface area (Å²) >= 11 is 0. The lowest BCUT2D eigenvalue weighted by molar-refractivity contribution is 0.0642. The molecule has 0 saturated carbocycles. The van der Waals surface area contributed by atoms with Crippen molar-refractivity contribution < 1.29 is 28.6 Å². The van der Waals surface area contributed by atoms with Gasteiger partial charge in [0.15, 0.2) is 0 Å². The Balaban J connectivity index is 1.70. The number of imide groups is 1. The Morgan fingerprint density at radius 2 is 1.71 bits per heavy atom. The lowest BCUT2D eigenvalue weighted by Crippen LogP contribution is -2.30. The van der Waals surface area contributed by atoms with Crippen molar-refractivity contribution in [1.82, 2.24) is 10.2 Å². The summed E-state index contributed by atoms with van der Waals surface area (Å²) in [6.07, 6.45) is 0. The SMILES string of the molecule is CCOc1ccc(CN2C(=O)c3ccccc3C2=O)cc1C(=O)NCCOCCOC. The number of fused-ring (bicyclic) bond motifs is 1. The largest absolute Gasteiger partial charge is 0.493 e. The lowest BCUT2D eigenvalue weighted by Gasteiger charge is -2.16. The van der Waals surface area contributed by atoms with Gasteiger partial charge in [0.2, 0.25) is 0 Å². The molecule has 8 heteroatoms. The number of hydrogen-bond acceptors (Lipinski definition) is 6. The minimum absolute atomic E-state index is 0.0686. The molecule has 164 valence electrons. The van der Waals surface area contributed by atoms with Gasteiger partial charge in [-0.1, -0.05) is 18.2 Å². The van der Waals surface area contributed by atoms with Gasteiger partial charge in [0, 0.05) is 13.7 Å². The van der Waals surface area contributed by atoms with Crippen LogP contribution >= 0.6 is 0 Å². The Kier molecular flexibility index (Phi) is 7.75. The van der Waals surface area contributed by atoms with Crippen molar-refractivity contribution in [2.75, 3.05) is 40.1 Å². The molecule has 8 nitrogen and oxygen atoms in total. The molecular formula is C23H26N2O6. The molecule has 0 aromatic heterocycles. The van der Waals surface area contributed by atoms with Crippen molar-refractivity contribution in [3.8, 4) is 5.75 Å². The molecule has 0 bridgehead atoms. The molecule has 0 fully saturated rings. The van der Waals surface area contributed by atoms with Crippen LogP contribution in [0.5, 0.6) is 5.75 Å². The molecule has 0 atom stereocenters. The number of nitrogens with zero attached hydrogens (tertiary/aromatic N) is 1. The summed E-state index contributed by atoms with van der Waals surface area (Å²) < 4.78 is 15.8. The van der Waals surface area contributed by atoms with Gasteiger partial charge in [-0.3, -0.25) is 19.3 Å². The van der Waals surface area contributed by atoms with E-state index < -0.39 is 0 Å². The Morgan fingerprint density at radius 1 is 1.00 bits per heavy atom. The smallest absolute Gasteiger partial charge is 0.261 e. The fourth-order valence-corrected chi connectivity index (χ4v) is 3.28. The third-order valence-corrected chi connectivity index (χ3v) is 4.77. The molecule has 2 aromatic rings. The first-order chi connectivity index (χ1) is 15.1. The summed E-state index contributed by atoms with van der Waals surface area (Å²) in [7, 11) is 1.59. The van der Waals surface area contributed by atoms with Crippen molar-refractivity contribution in [2.45, 2.75) is 13.5 Å². The van der Waals surface area contributed by atoms with E-state index in [1.165, 1.54) is 4.90 Å². The van der Waals surface area contributed by atoms with Crippen LogP contribution in [0.1, 0.15) is 43.6 Å². The second-order valence-corrected chi connectivity index (χ2v) is 6.87. The second-order valence-electron chi connectivity index (χ2n) is 6.87. The number of hydrogen-bond donors (Lipinski definition) is 1. The number of nitrogens with one attached hydrogen (secondary N) is 1. The molecule has 0 spiro atoms. The van der Waals surface area contributed by atoms with E-state index in [4.69, 9.17) is 14.2 Å². The van der Waals surface area contributed by atoms with Crippen LogP contribution in [0.2, 0.25) is 0 Å². The maximum atomic E-state index is 12.7. The zero-order valence-corrected chi connectivity index (χ0v) is 17.7. The molecule has 1 N–H and O–H groups in total. The summed E-state index contributed by atoms with van der Waals surface area (Å²) in [6, 6.07) is 11.8. The number of methoxy groups -OCH3 is 1. The van der Waals surface area contributed by atoms with Crippen LogP contribution in [0, 0.1) is 0 Å². The molecule has 1 aliphatic heterocycles. The van der Waals surface area contributed by atoms with Gasteiger partial charge in [0.05, 0.1) is 49.7 Å². The van der Waals surface area contributed by atoms with Crippen LogP contribution in [0.25, 0.3) is 0 Å². The average Bonchev–Trinajstić information content (AvgIpc) is 3.02. The average molecular weight is 426 g/mol. The van der Waals surface area contributed by atoms with Gasteiger partial charge in [0.1, 0.15) is 5.75 Å². The van der Waals surface area contributed by atoms with E-state index in [-0.39, 0.29) is 24.3 Å². The van der Waals surface area contributed by atoms with Crippen molar-refractivity contribution in [1.29, 1.82) is 0 Å². The first kappa shape index (κ1) is 22.5. The summed E-state index contributed by atoms with van der Waals surface area (Å²) in [5.74, 6) is -0.559. The van der Waals surface area contributed by atoms with E-state index in [1.54, 1.807) is 49.6 Å². The van der Waals surface area contributed by atoms with E-state index in [0.29, 0.717) is 61.0 Å². The van der Waals surface area contributed by atoms with E-state index in [2.05, 4.69) is 5.32 Å². The van der Waals surface area contributed by atoms with Gasteiger partial charge >= 0.3 is 0 Å². The van der Waals surface area contributed by atoms with Crippen molar-refractivity contribution >= 4 is 17.7 Å². The Hall–Kier alpha value is -3.23. The Bertz CT molecular complexity index is 924. The van der Waals surface area contributed by atoms with Crippen LogP contribution in [-0.4, -0.2) is 62.7 Å². The lowest BCUT2D eigenvalue weighted by atomic mass is 10.1. The molecule has 1 heterocycles. The van der Waals surface area contributed by atoms with Crippen LogP contribution in [0.4, 0.5) is 0 Å². The van der Waals surface area contributed by atoms with Crippen LogP contribution < -0.4 is 10.1 Å². The first-order valence-corrected chi connectivity index (χ1v) is 10.1. The predicted molar refractivity (Wildman–Crippen MR) is 113 cm³/mol. The number of benzene rings is 2. The number of carbonyl (C=O) groups is 3. The van der Waals surface area contributed by atoms with Crippen LogP contribution in [-0.2, 0) is 16.0 Å². The highest BCUT2D eigenvalue weighted by atomic mass is 16.5. The molecule has 0 saturated heterocycles. The van der Waals surface area contributed by atoms with E-state index in [0.717, 1.165) is 0 Å². The molecule has 31 heavy (non-hydrogen) atoms. The van der Waals surface area contributed by atoms with Gasteiger partial charge in [-0.25, -0.2) is 0 Å². The fourth-order valence-electron chi connectivity index (χ4n) is 3.28. The fraction of sp³-hybridized carbons (Fsp3) is 0.348. The summed E-state index contributed by atoms with van der Waals surface area (Å²) in [6.45, 7) is 3.93. The molecule has 0 aliphatic carbocycles. The summed E-state index contributed by atoms with van der Waals surface area (Å²) in [5, 5.41) is 2.80. The standard InChI is InChI=1S/C23H26N2O6/c1-3-31-20-9-8-16(14-19(20)21(26)24-10-11-30-13-12-29-2)15-25-22(27)17-6-4-5-7-18(17)23(25)28/h4-9,14H,3,10-13,15H2,1-2H3,(H,24,26). The highest BCUT2D eigenvalue weighted by Gasteiger charge is 2.35. The number of amides is 3. The summed E-state index contributed by atoms with van der Waals surface area (Å²) in [4.78, 5) is 39.1. The number of rotatable bonds is 11. The molecule has 3 amide bonds. The topological polar surface area (TPSA) is 94.2 Å². The van der Waals surface area contributed by atoms with Crippen molar-refractivity contribution in [3.63, 3.8) is 0 Å². The Morgan fingerprint density at radius 3 is 2.35 bits per heavy atom. The van der Waals surface area contributed by atoms with Crippen molar-refractivity contribution in [3.05, 3.63) is 64.7 Å². The molecule has 1 aliphatic rings. The van der Waals surface area contributed by atoms with Crippen LogP contribution in [0.3, 0.4) is 0 Å². The quantitative estimate of drug-likeness (QED) is 0.438. The molecular weight excluding hydrogens is 400 g/mol. The third kappa shape index (κ3) is 5.28. The Labute approximate surface area is 181 Å². The first-order valence-electron chi connectivity index (χ1n) is 10.1. The van der Waals surface area contributed by atoms with E-state index in [1.807, 2.05) is 6.92 Å². The second kappa shape index (κ2) is 10.7. The van der Waals surface area contributed by atoms with Gasteiger partial charge in [-0.15, -0.1) is 0 Å². The normalized spacial score (nSPS) is 12.8. The molecule has 0 radical (unpaired) electrons. The zero-order valence-electron chi connectivity index (χ0n) is 17.7. The van der Waals surface area contributed by atoms with Gasteiger partial charge < -0.3 is 19.5 Å². The van der Waals surface area contributed by atoms with Crippen molar-refractivity contribution in [2.24, 2.45) is 0 Å². The maximum Gasteiger partial charge on any atom is 0.261 e. The van der Waals surface area contributed by atoms with Gasteiger partial charge in [0.25, 0.3) is 17.7 Å². The highest BCUT2D eigenvalue weighted by molar-refractivity contribution is 6.21. The summed E-state index contributed by atoms with van der Waals surface area (Å²) in [5.41, 5.74) is 1.78. The van der Waals surface area contributed by atoms with Crippen LogP contribution in [0.15, 0.2) is 42.5 Å². The zero-order chi connectivity index (χ0) is 22.2. The third-order valence-electron chi connectivity index (χ3n) is 4.77. The molecule has 2 aromatic carbocycles. The van der Waals surface area contributed by atoms with E-state index in [9.17, 15) is 14.4 Å². The predicted octanol–water partition coefficient (Wildman–Crippen LogP) is 2.27. The van der Waals surface area contributed by atoms with Gasteiger partial charge in [-0.2, -0.15) is 0 Å². The molecule has 0 unspecified atom stereocenters. The van der Waals surface area contributed by atoms with Gasteiger partial charge in [-0.05, 0) is 36.8 Å². The molecule has 3 rings (SSSR count). The monoisotopic (exact) mass is 426 g/mol. The minimum atomic E-state index is -0.339. The van der Waals surface area contributed by atoms with E-state index >= 15 is 0 Å². The number of carbonyl (C=O) groups excluding carboxylic acids is 3. The number of ether oxygens (including phenoxy) is 3.